The first kappa shape index (κ1) is 15.9. The molecule has 0 saturated carbocycles. The van der Waals surface area contributed by atoms with E-state index in [2.05, 4.69) is 15.9 Å². The zero-order chi connectivity index (χ0) is 13.0. The molecule has 0 spiro atoms. The number of Topliss-reactive ketones (excluding diaryl/α,β-unsaturated/α-hetero) is 1. The summed E-state index contributed by atoms with van der Waals surface area (Å²) in [6.07, 6.45) is 3.65. The maximum absolute atomic E-state index is 12.1. The molecule has 1 aromatic carbocycles. The Morgan fingerprint density at radius 2 is 1.84 bits per heavy atom. The van der Waals surface area contributed by atoms with Crippen molar-refractivity contribution in [2.45, 2.75) is 6.54 Å². The molecule has 0 saturated heterocycles. The zero-order valence-electron chi connectivity index (χ0n) is 10.3. The minimum absolute atomic E-state index is 0. The van der Waals surface area contributed by atoms with E-state index in [-0.39, 0.29) is 22.8 Å². The van der Waals surface area contributed by atoms with Gasteiger partial charge in [-0.2, -0.15) is 4.57 Å². The molecule has 0 radical (unpaired) electrons. The van der Waals surface area contributed by atoms with Crippen LogP contribution in [-0.4, -0.2) is 12.9 Å². The van der Waals surface area contributed by atoms with Gasteiger partial charge in [0.05, 0.1) is 7.11 Å². The van der Waals surface area contributed by atoms with Crippen LogP contribution < -0.4 is 26.3 Å². The average molecular weight is 387 g/mol. The van der Waals surface area contributed by atoms with Crippen molar-refractivity contribution >= 4 is 21.7 Å². The number of pyridine rings is 1. The van der Waals surface area contributed by atoms with Crippen molar-refractivity contribution in [2.24, 2.45) is 0 Å². The fraction of sp³-hybridized carbons (Fsp3) is 0.143. The lowest BCUT2D eigenvalue weighted by molar-refractivity contribution is -0.683. The third-order valence-electron chi connectivity index (χ3n) is 2.60. The lowest BCUT2D eigenvalue weighted by Crippen LogP contribution is -3.00. The molecule has 0 aliphatic heterocycles. The van der Waals surface area contributed by atoms with E-state index >= 15 is 0 Å². The van der Waals surface area contributed by atoms with Gasteiger partial charge in [0.15, 0.2) is 12.4 Å². The third kappa shape index (κ3) is 4.14. The summed E-state index contributed by atoms with van der Waals surface area (Å²) < 4.78 is 7.72. The van der Waals surface area contributed by atoms with E-state index in [1.807, 2.05) is 53.4 Å². The monoisotopic (exact) mass is 385 g/mol. The number of carbonyl (C=O) groups excluding carboxylic acids is 1. The molecule has 3 nitrogen and oxygen atoms in total. The van der Waals surface area contributed by atoms with Gasteiger partial charge in [-0.05, 0) is 6.07 Å². The van der Waals surface area contributed by atoms with Gasteiger partial charge < -0.3 is 21.7 Å². The van der Waals surface area contributed by atoms with Crippen LogP contribution in [0.25, 0.3) is 0 Å². The van der Waals surface area contributed by atoms with Gasteiger partial charge in [-0.1, -0.05) is 34.1 Å². The Morgan fingerprint density at radius 3 is 2.42 bits per heavy atom. The smallest absolute Gasteiger partial charge is 0.228 e. The third-order valence-corrected chi connectivity index (χ3v) is 3.29. The molecule has 1 aromatic heterocycles. The van der Waals surface area contributed by atoms with E-state index < -0.39 is 0 Å². The molecule has 0 fully saturated rings. The summed E-state index contributed by atoms with van der Waals surface area (Å²) in [5.41, 5.74) is 0.695. The molecule has 2 rings (SSSR count). The van der Waals surface area contributed by atoms with Crippen molar-refractivity contribution in [3.05, 3.63) is 58.8 Å². The number of methoxy groups -OCH3 is 1. The van der Waals surface area contributed by atoms with Crippen LogP contribution in [0.4, 0.5) is 0 Å². The first-order chi connectivity index (χ1) is 8.70. The van der Waals surface area contributed by atoms with E-state index in [0.717, 1.165) is 10.2 Å². The Hall–Kier alpha value is -1.20. The summed E-state index contributed by atoms with van der Waals surface area (Å²) in [5.74, 6) is 0.845. The topological polar surface area (TPSA) is 30.2 Å². The lowest BCUT2D eigenvalue weighted by atomic mass is 10.1. The first-order valence-electron chi connectivity index (χ1n) is 5.51. The average Bonchev–Trinajstić information content (AvgIpc) is 2.40. The predicted octanol–water partition coefficient (Wildman–Crippen LogP) is -0.368. The minimum Gasteiger partial charge on any atom is -1.00 e. The molecular formula is C14H13Br2NO2. The number of carbonyl (C=O) groups is 1. The van der Waals surface area contributed by atoms with Crippen LogP contribution in [0.2, 0.25) is 0 Å². The number of ether oxygens (including phenoxy) is 1. The van der Waals surface area contributed by atoms with Crippen LogP contribution in [0.15, 0.2) is 53.3 Å². The van der Waals surface area contributed by atoms with Gasteiger partial charge in [0.2, 0.25) is 12.3 Å². The number of halogens is 2. The molecule has 100 valence electrons. The van der Waals surface area contributed by atoms with Crippen molar-refractivity contribution in [1.82, 2.24) is 0 Å². The van der Waals surface area contributed by atoms with Gasteiger partial charge in [-0.3, -0.25) is 4.79 Å². The van der Waals surface area contributed by atoms with Crippen LogP contribution in [0.3, 0.4) is 0 Å². The molecule has 2 aromatic rings. The zero-order valence-corrected chi connectivity index (χ0v) is 13.5. The van der Waals surface area contributed by atoms with E-state index in [1.54, 1.807) is 7.11 Å². The van der Waals surface area contributed by atoms with Crippen molar-refractivity contribution in [2.75, 3.05) is 7.11 Å². The number of benzene rings is 1. The standard InChI is InChI=1S/C14H13BrNO2.BrH/c1-18-11-6-8-16(9-7-11)10-14(17)12-4-2-3-5-13(12)15;/h2-9H,10H2,1H3;1H/q+1;/p-1. The van der Waals surface area contributed by atoms with Gasteiger partial charge in [0, 0.05) is 22.2 Å². The van der Waals surface area contributed by atoms with Crippen molar-refractivity contribution in [1.29, 1.82) is 0 Å². The van der Waals surface area contributed by atoms with Crippen LogP contribution in [0.1, 0.15) is 10.4 Å². The van der Waals surface area contributed by atoms with Crippen LogP contribution in [-0.2, 0) is 6.54 Å². The normalized spacial score (nSPS) is 9.58. The van der Waals surface area contributed by atoms with Crippen LogP contribution in [0, 0.1) is 0 Å². The highest BCUT2D eigenvalue weighted by molar-refractivity contribution is 9.10. The number of nitrogens with zero attached hydrogens (tertiary/aromatic N) is 1. The highest BCUT2D eigenvalue weighted by Gasteiger charge is 2.14. The predicted molar refractivity (Wildman–Crippen MR) is 71.7 cm³/mol. The molecule has 1 heterocycles. The molecule has 0 bridgehead atoms. The number of aromatic nitrogens is 1. The molecule has 0 amide bonds. The van der Waals surface area contributed by atoms with Crippen molar-refractivity contribution in [3.63, 3.8) is 0 Å². The van der Waals surface area contributed by atoms with Crippen LogP contribution in [0.5, 0.6) is 5.75 Å². The van der Waals surface area contributed by atoms with Gasteiger partial charge >= 0.3 is 0 Å². The molecule has 0 N–H and O–H groups in total. The fourth-order valence-electron chi connectivity index (χ4n) is 1.62. The maximum Gasteiger partial charge on any atom is 0.228 e. The van der Waals surface area contributed by atoms with E-state index in [9.17, 15) is 4.79 Å². The van der Waals surface area contributed by atoms with Gasteiger partial charge in [-0.25, -0.2) is 0 Å². The second-order valence-electron chi connectivity index (χ2n) is 3.81. The summed E-state index contributed by atoms with van der Waals surface area (Å²) in [4.78, 5) is 12.1. The SMILES string of the molecule is COc1cc[n+](CC(=O)c2ccccc2Br)cc1.[Br-]. The Labute approximate surface area is 131 Å². The van der Waals surface area contributed by atoms with Crippen LogP contribution >= 0.6 is 15.9 Å². The molecule has 0 aliphatic carbocycles. The van der Waals surface area contributed by atoms with Crippen molar-refractivity contribution in [3.8, 4) is 5.75 Å². The summed E-state index contributed by atoms with van der Waals surface area (Å²) in [7, 11) is 1.62. The largest absolute Gasteiger partial charge is 1.00 e. The Balaban J connectivity index is 0.00000180. The Kier molecular flexibility index (Phi) is 6.18. The molecular weight excluding hydrogens is 374 g/mol. The molecule has 5 heteroatoms. The highest BCUT2D eigenvalue weighted by atomic mass is 79.9. The number of hydrogen-bond acceptors (Lipinski definition) is 2. The summed E-state index contributed by atoms with van der Waals surface area (Å²) >= 11 is 3.38. The van der Waals surface area contributed by atoms with Gasteiger partial charge in [0.25, 0.3) is 0 Å². The maximum atomic E-state index is 12.1. The van der Waals surface area contributed by atoms with Gasteiger partial charge in [0.1, 0.15) is 5.75 Å². The lowest BCUT2D eigenvalue weighted by Gasteiger charge is -2.01. The molecule has 0 aliphatic rings. The summed E-state index contributed by atoms with van der Waals surface area (Å²) in [6, 6.07) is 11.1. The minimum atomic E-state index is 0. The molecule has 0 unspecified atom stereocenters. The fourth-order valence-corrected chi connectivity index (χ4v) is 2.13. The van der Waals surface area contributed by atoms with Crippen molar-refractivity contribution < 1.29 is 31.1 Å². The number of rotatable bonds is 4. The number of ketones is 1. The van der Waals surface area contributed by atoms with E-state index in [0.29, 0.717) is 12.1 Å². The summed E-state index contributed by atoms with van der Waals surface area (Å²) in [6.45, 7) is 0.312. The molecule has 19 heavy (non-hydrogen) atoms. The quantitative estimate of drug-likeness (QED) is 0.530. The molecule has 0 atom stereocenters. The first-order valence-corrected chi connectivity index (χ1v) is 6.31. The van der Waals surface area contributed by atoms with E-state index in [1.165, 1.54) is 0 Å². The number of hydrogen-bond donors (Lipinski definition) is 0. The Bertz CT molecular complexity index is 556. The highest BCUT2D eigenvalue weighted by Crippen LogP contribution is 2.16. The second kappa shape index (κ2) is 7.40. The Morgan fingerprint density at radius 1 is 1.21 bits per heavy atom. The van der Waals surface area contributed by atoms with Gasteiger partial charge in [-0.15, -0.1) is 0 Å². The second-order valence-corrected chi connectivity index (χ2v) is 4.67. The van der Waals surface area contributed by atoms with E-state index in [4.69, 9.17) is 4.74 Å². The summed E-state index contributed by atoms with van der Waals surface area (Å²) in [5, 5.41) is 0.